The van der Waals surface area contributed by atoms with E-state index in [0.717, 1.165) is 38.2 Å². The van der Waals surface area contributed by atoms with Crippen LogP contribution in [-0.4, -0.2) is 17.9 Å². The fourth-order valence-corrected chi connectivity index (χ4v) is 8.27. The molecule has 7 atom stereocenters. The van der Waals surface area contributed by atoms with Crippen LogP contribution in [0.2, 0.25) is 0 Å². The minimum Gasteiger partial charge on any atom is -0.338 e. The predicted octanol–water partition coefficient (Wildman–Crippen LogP) is 6.73. The third kappa shape index (κ3) is 3.77. The average molecular weight is 488 g/mol. The van der Waals surface area contributed by atoms with Crippen molar-refractivity contribution in [2.45, 2.75) is 83.9 Å². The predicted molar refractivity (Wildman–Crippen MR) is 128 cm³/mol. The Morgan fingerprint density at radius 1 is 1.03 bits per heavy atom. The van der Waals surface area contributed by atoms with Crippen molar-refractivity contribution >= 4 is 11.7 Å². The van der Waals surface area contributed by atoms with Crippen molar-refractivity contribution in [3.8, 4) is 0 Å². The summed E-state index contributed by atoms with van der Waals surface area (Å²) in [5.74, 6) is -0.641. The van der Waals surface area contributed by atoms with Gasteiger partial charge in [0.1, 0.15) is 5.92 Å². The van der Waals surface area contributed by atoms with Crippen molar-refractivity contribution in [2.24, 2.45) is 34.5 Å². The molecule has 2 unspecified atom stereocenters. The van der Waals surface area contributed by atoms with E-state index >= 15 is 0 Å². The Morgan fingerprint density at radius 3 is 2.43 bits per heavy atom. The summed E-state index contributed by atoms with van der Waals surface area (Å²) < 4.78 is 42.7. The number of fused-ring (bicyclic) bond motifs is 5. The lowest BCUT2D eigenvalue weighted by Crippen LogP contribution is -2.57. The molecule has 1 aromatic rings. The van der Waals surface area contributed by atoms with Gasteiger partial charge in [-0.3, -0.25) is 9.59 Å². The van der Waals surface area contributed by atoms with E-state index in [0.29, 0.717) is 29.6 Å². The van der Waals surface area contributed by atoms with E-state index in [1.165, 1.54) is 43.5 Å². The van der Waals surface area contributed by atoms with Gasteiger partial charge in [0, 0.05) is 0 Å². The summed E-state index contributed by atoms with van der Waals surface area (Å²) in [6.45, 7) is 5.58. The number of hydrogen-bond donors (Lipinski definition) is 1. The van der Waals surface area contributed by atoms with Gasteiger partial charge in [-0.25, -0.2) is 0 Å². The van der Waals surface area contributed by atoms with E-state index in [4.69, 9.17) is 0 Å². The van der Waals surface area contributed by atoms with E-state index in [2.05, 4.69) is 19.2 Å². The summed E-state index contributed by atoms with van der Waals surface area (Å²) in [4.78, 5) is 26.5. The van der Waals surface area contributed by atoms with Gasteiger partial charge in [-0.2, -0.15) is 13.2 Å². The largest absolute Gasteiger partial charge is 0.415 e. The second kappa shape index (κ2) is 8.21. The molecule has 190 valence electrons. The van der Waals surface area contributed by atoms with E-state index in [9.17, 15) is 22.8 Å². The van der Waals surface area contributed by atoms with Gasteiger partial charge in [0.2, 0.25) is 5.91 Å². The normalized spacial score (nSPS) is 38.5. The first-order valence-corrected chi connectivity index (χ1v) is 13.1. The lowest BCUT2D eigenvalue weighted by Gasteiger charge is -2.58. The van der Waals surface area contributed by atoms with Crippen molar-refractivity contribution < 1.29 is 22.8 Å². The molecule has 1 N–H and O–H groups in total. The molecule has 4 aliphatic carbocycles. The van der Waals surface area contributed by atoms with Crippen molar-refractivity contribution in [3.63, 3.8) is 0 Å². The Hall–Kier alpha value is -2.11. The third-order valence-corrected chi connectivity index (χ3v) is 10.4. The molecule has 5 rings (SSSR count). The quantitative estimate of drug-likeness (QED) is 0.481. The van der Waals surface area contributed by atoms with Gasteiger partial charge in [-0.15, -0.1) is 0 Å². The summed E-state index contributed by atoms with van der Waals surface area (Å²) >= 11 is 0. The van der Waals surface area contributed by atoms with Gasteiger partial charge in [-0.1, -0.05) is 56.2 Å². The maximum Gasteiger partial charge on any atom is 0.415 e. The number of rotatable bonds is 3. The van der Waals surface area contributed by atoms with Gasteiger partial charge >= 0.3 is 6.18 Å². The summed E-state index contributed by atoms with van der Waals surface area (Å²) in [5.41, 5.74) is -1.43. The Bertz CT molecular complexity index is 1050. The summed E-state index contributed by atoms with van der Waals surface area (Å²) in [6.07, 6.45) is 5.16. The average Bonchev–Trinajstić information content (AvgIpc) is 3.20. The molecule has 0 spiro atoms. The summed E-state index contributed by atoms with van der Waals surface area (Å²) in [5, 5.41) is 2.26. The highest BCUT2D eigenvalue weighted by Crippen LogP contribution is 2.65. The van der Waals surface area contributed by atoms with Crippen molar-refractivity contribution in [1.82, 2.24) is 5.32 Å². The molecule has 3 saturated carbocycles. The van der Waals surface area contributed by atoms with Gasteiger partial charge in [-0.05, 0) is 92.1 Å². The minimum absolute atomic E-state index is 0.0444. The topological polar surface area (TPSA) is 46.2 Å². The Labute approximate surface area is 205 Å². The van der Waals surface area contributed by atoms with Crippen LogP contribution in [0.3, 0.4) is 0 Å². The number of allylic oxidation sites excluding steroid dienone is 1. The molecule has 0 heterocycles. The first-order valence-electron chi connectivity index (χ1n) is 13.1. The molecular weight excluding hydrogens is 451 g/mol. The number of halogens is 3. The molecule has 35 heavy (non-hydrogen) atoms. The molecule has 3 nitrogen and oxygen atoms in total. The summed E-state index contributed by atoms with van der Waals surface area (Å²) in [6, 6.07) is 7.41. The molecule has 6 heteroatoms. The lowest BCUT2D eigenvalue weighted by atomic mass is 9.47. The second-order valence-corrected chi connectivity index (χ2v) is 12.2. The van der Waals surface area contributed by atoms with Crippen LogP contribution in [0.5, 0.6) is 0 Å². The van der Waals surface area contributed by atoms with Crippen LogP contribution in [0.25, 0.3) is 0 Å². The van der Waals surface area contributed by atoms with Gasteiger partial charge in [0.25, 0.3) is 0 Å². The molecule has 1 aromatic carbocycles. The number of hydrogen-bond acceptors (Lipinski definition) is 2. The molecule has 0 radical (unpaired) electrons. The zero-order valence-corrected chi connectivity index (χ0v) is 20.9. The number of nitrogens with one attached hydrogen (secondary N) is 1. The number of alkyl halides is 3. The van der Waals surface area contributed by atoms with Gasteiger partial charge in [0.05, 0.1) is 0 Å². The molecule has 4 aliphatic rings. The number of carbonyl (C=O) groups excluding carboxylic acids is 2. The highest BCUT2D eigenvalue weighted by molar-refractivity contribution is 6.08. The Kier molecular flexibility index (Phi) is 5.76. The van der Waals surface area contributed by atoms with Crippen LogP contribution in [0, 0.1) is 34.5 Å². The SMILES string of the molecule is CC(NC(=O)C1C[C@@]2(C)C(=CC1=O)CC[C@@H]1[C@H]2CC[C@]2(C)CCC[C@@H]12)(c1ccccc1)C(F)(F)F. The molecule has 1 amide bonds. The molecule has 0 bridgehead atoms. The smallest absolute Gasteiger partial charge is 0.338 e. The number of ketones is 1. The van der Waals surface area contributed by atoms with Crippen LogP contribution in [0.4, 0.5) is 13.2 Å². The van der Waals surface area contributed by atoms with Crippen LogP contribution in [-0.2, 0) is 15.1 Å². The third-order valence-electron chi connectivity index (χ3n) is 10.4. The number of amides is 1. The second-order valence-electron chi connectivity index (χ2n) is 12.2. The Balaban J connectivity index is 1.43. The van der Waals surface area contributed by atoms with E-state index in [1.54, 1.807) is 12.1 Å². The monoisotopic (exact) mass is 487 g/mol. The van der Waals surface area contributed by atoms with Crippen molar-refractivity contribution in [2.75, 3.05) is 0 Å². The zero-order chi connectivity index (χ0) is 25.2. The Morgan fingerprint density at radius 2 is 1.74 bits per heavy atom. The van der Waals surface area contributed by atoms with Gasteiger partial charge in [0.15, 0.2) is 11.3 Å². The standard InChI is InChI=1S/C29H36F3NO2/c1-26-14-7-10-22(26)20-12-11-19-16-24(34)21(17-27(19,2)23(20)13-15-26)25(35)33-28(3,29(30,31)32)18-8-5-4-6-9-18/h4-6,8-9,16,20-23H,7,10-15,17H2,1-3H3,(H,33,35)/t20-,21?,22-,23+,26-,27-,28?/m0/s1. The molecule has 0 aliphatic heterocycles. The van der Waals surface area contributed by atoms with Crippen molar-refractivity contribution in [3.05, 3.63) is 47.5 Å². The molecule has 0 aromatic heterocycles. The zero-order valence-electron chi connectivity index (χ0n) is 20.9. The van der Waals surface area contributed by atoms with Crippen LogP contribution in [0.1, 0.15) is 77.7 Å². The van der Waals surface area contributed by atoms with E-state index in [-0.39, 0.29) is 16.8 Å². The first kappa shape index (κ1) is 24.6. The maximum atomic E-state index is 14.2. The lowest BCUT2D eigenvalue weighted by molar-refractivity contribution is -0.198. The molecular formula is C29H36F3NO2. The number of carbonyl (C=O) groups is 2. The molecule has 3 fully saturated rings. The first-order chi connectivity index (χ1) is 16.4. The van der Waals surface area contributed by atoms with Crippen LogP contribution < -0.4 is 5.32 Å². The minimum atomic E-state index is -4.71. The van der Waals surface area contributed by atoms with E-state index in [1.807, 2.05) is 0 Å². The van der Waals surface area contributed by atoms with Gasteiger partial charge < -0.3 is 5.32 Å². The van der Waals surface area contributed by atoms with Crippen molar-refractivity contribution in [1.29, 1.82) is 0 Å². The highest BCUT2D eigenvalue weighted by atomic mass is 19.4. The van der Waals surface area contributed by atoms with Crippen LogP contribution >= 0.6 is 0 Å². The molecule has 0 saturated heterocycles. The fraction of sp³-hybridized carbons (Fsp3) is 0.655. The van der Waals surface area contributed by atoms with Crippen LogP contribution in [0.15, 0.2) is 42.0 Å². The maximum absolute atomic E-state index is 14.2. The number of benzene rings is 1. The summed E-state index contributed by atoms with van der Waals surface area (Å²) in [7, 11) is 0. The highest BCUT2D eigenvalue weighted by Gasteiger charge is 2.59. The van der Waals surface area contributed by atoms with E-state index < -0.39 is 23.5 Å². The fourth-order valence-electron chi connectivity index (χ4n) is 8.27.